The molecule has 1 aromatic carbocycles. The Bertz CT molecular complexity index is 1010. The highest BCUT2D eigenvalue weighted by molar-refractivity contribution is 9.10. The van der Waals surface area contributed by atoms with Crippen molar-refractivity contribution in [2.75, 3.05) is 0 Å². The van der Waals surface area contributed by atoms with E-state index in [1.807, 2.05) is 6.92 Å². The molecule has 0 radical (unpaired) electrons. The monoisotopic (exact) mass is 432 g/mol. The molecule has 0 saturated heterocycles. The first-order valence-corrected chi connectivity index (χ1v) is 9.31. The first kappa shape index (κ1) is 18.3. The lowest BCUT2D eigenvalue weighted by molar-refractivity contribution is 0.0728. The molecule has 3 rings (SSSR count). The second-order valence-electron chi connectivity index (χ2n) is 5.21. The predicted molar refractivity (Wildman–Crippen MR) is 100 cm³/mol. The van der Waals surface area contributed by atoms with E-state index in [1.165, 1.54) is 17.8 Å². The number of carbonyl (C=O) groups excluding carboxylic acids is 1. The van der Waals surface area contributed by atoms with Gasteiger partial charge in [-0.25, -0.2) is 14.8 Å². The van der Waals surface area contributed by atoms with Gasteiger partial charge in [0, 0.05) is 22.4 Å². The number of rotatable bonds is 5. The van der Waals surface area contributed by atoms with Gasteiger partial charge in [-0.2, -0.15) is 0 Å². The molecule has 132 valence electrons. The minimum Gasteiger partial charge on any atom is -0.464 e. The Morgan fingerprint density at radius 2 is 2.12 bits per heavy atom. The Hall–Kier alpha value is -2.45. The highest BCUT2D eigenvalue weighted by Gasteiger charge is 2.15. The minimum absolute atomic E-state index is 0.161. The number of benzene rings is 1. The van der Waals surface area contributed by atoms with Crippen LogP contribution in [0, 0.1) is 6.92 Å². The number of nitrogens with zero attached hydrogens (tertiary/aromatic N) is 2. The zero-order valence-electron chi connectivity index (χ0n) is 13.6. The van der Waals surface area contributed by atoms with Gasteiger partial charge in [0.1, 0.15) is 12.0 Å². The molecule has 0 amide bonds. The van der Waals surface area contributed by atoms with E-state index in [-0.39, 0.29) is 5.75 Å². The molecule has 0 aliphatic rings. The van der Waals surface area contributed by atoms with Gasteiger partial charge in [0.25, 0.3) is 0 Å². The Morgan fingerprint density at radius 1 is 1.31 bits per heavy atom. The molecule has 3 aromatic rings. The predicted octanol–water partition coefficient (Wildman–Crippen LogP) is 4.01. The van der Waals surface area contributed by atoms with E-state index in [2.05, 4.69) is 25.9 Å². The van der Waals surface area contributed by atoms with Gasteiger partial charge in [0.15, 0.2) is 5.16 Å². The second-order valence-corrected chi connectivity index (χ2v) is 7.01. The molecule has 2 heterocycles. The Balaban J connectivity index is 1.69. The maximum atomic E-state index is 12.2. The van der Waals surface area contributed by atoms with Crippen molar-refractivity contribution in [3.8, 4) is 5.75 Å². The van der Waals surface area contributed by atoms with Crippen molar-refractivity contribution in [2.45, 2.75) is 17.8 Å². The molecule has 0 spiro atoms. The quantitative estimate of drug-likeness (QED) is 0.342. The Kier molecular flexibility index (Phi) is 5.85. The van der Waals surface area contributed by atoms with Gasteiger partial charge in [-0.05, 0) is 41.1 Å². The van der Waals surface area contributed by atoms with Gasteiger partial charge in [0.05, 0.1) is 11.3 Å². The lowest BCUT2D eigenvalue weighted by Crippen LogP contribution is -2.15. The molecule has 0 unspecified atom stereocenters. The SMILES string of the molecule is Cc1ccnc(SCc2cc(=O)c(OC(=O)c3ccccc3Br)co2)n1. The number of ether oxygens (including phenoxy) is 1. The smallest absolute Gasteiger partial charge is 0.344 e. The number of esters is 1. The fourth-order valence-electron chi connectivity index (χ4n) is 2.00. The van der Waals surface area contributed by atoms with Gasteiger partial charge in [-0.1, -0.05) is 23.9 Å². The van der Waals surface area contributed by atoms with E-state index < -0.39 is 11.4 Å². The zero-order chi connectivity index (χ0) is 18.5. The van der Waals surface area contributed by atoms with Crippen molar-refractivity contribution in [2.24, 2.45) is 0 Å². The third kappa shape index (κ3) is 4.59. The van der Waals surface area contributed by atoms with Gasteiger partial charge in [-0.15, -0.1) is 0 Å². The molecule has 2 aromatic heterocycles. The molecule has 0 bridgehead atoms. The molecule has 0 atom stereocenters. The first-order valence-electron chi connectivity index (χ1n) is 7.54. The van der Waals surface area contributed by atoms with E-state index >= 15 is 0 Å². The number of hydrogen-bond donors (Lipinski definition) is 0. The number of halogens is 1. The largest absolute Gasteiger partial charge is 0.464 e. The summed E-state index contributed by atoms with van der Waals surface area (Å²) in [6, 6.07) is 9.90. The van der Waals surface area contributed by atoms with Crippen LogP contribution in [0.3, 0.4) is 0 Å². The number of aromatic nitrogens is 2. The summed E-state index contributed by atoms with van der Waals surface area (Å²) in [4.78, 5) is 32.7. The maximum absolute atomic E-state index is 12.2. The standard InChI is InChI=1S/C18H13BrN2O4S/c1-11-6-7-20-18(21-11)26-10-12-8-15(22)16(9-24-12)25-17(23)13-4-2-3-5-14(13)19/h2-9H,10H2,1H3. The summed E-state index contributed by atoms with van der Waals surface area (Å²) < 4.78 is 11.1. The van der Waals surface area contributed by atoms with Crippen molar-refractivity contribution in [3.05, 3.63) is 80.6 Å². The zero-order valence-corrected chi connectivity index (χ0v) is 16.0. The van der Waals surface area contributed by atoms with Crippen LogP contribution in [0.15, 0.2) is 67.7 Å². The lowest BCUT2D eigenvalue weighted by atomic mass is 10.2. The Labute approximate surface area is 161 Å². The molecular formula is C18H13BrN2O4S. The van der Waals surface area contributed by atoms with Crippen LogP contribution in [0.4, 0.5) is 0 Å². The summed E-state index contributed by atoms with van der Waals surface area (Å²) in [5.41, 5.74) is 0.749. The minimum atomic E-state index is -0.639. The van der Waals surface area contributed by atoms with Crippen molar-refractivity contribution in [1.29, 1.82) is 0 Å². The third-order valence-electron chi connectivity index (χ3n) is 3.26. The average Bonchev–Trinajstić information content (AvgIpc) is 2.62. The molecular weight excluding hydrogens is 420 g/mol. The number of hydrogen-bond acceptors (Lipinski definition) is 7. The van der Waals surface area contributed by atoms with Gasteiger partial charge < -0.3 is 9.15 Å². The van der Waals surface area contributed by atoms with Crippen LogP contribution < -0.4 is 10.2 Å². The topological polar surface area (TPSA) is 82.3 Å². The van der Waals surface area contributed by atoms with Crippen LogP contribution in [-0.4, -0.2) is 15.9 Å². The number of carbonyl (C=O) groups is 1. The second kappa shape index (κ2) is 8.29. The Morgan fingerprint density at radius 3 is 2.85 bits per heavy atom. The van der Waals surface area contributed by atoms with E-state index in [0.29, 0.717) is 26.7 Å². The number of aryl methyl sites for hydroxylation is 1. The van der Waals surface area contributed by atoms with Crippen LogP contribution in [0.5, 0.6) is 5.75 Å². The third-order valence-corrected chi connectivity index (χ3v) is 4.84. The molecule has 8 heteroatoms. The molecule has 6 nitrogen and oxygen atoms in total. The summed E-state index contributed by atoms with van der Waals surface area (Å²) in [6.45, 7) is 1.88. The summed E-state index contributed by atoms with van der Waals surface area (Å²) in [5, 5.41) is 0.595. The maximum Gasteiger partial charge on any atom is 0.344 e. The normalized spacial score (nSPS) is 10.5. The van der Waals surface area contributed by atoms with Crippen LogP contribution in [0.1, 0.15) is 21.8 Å². The molecule has 0 aliphatic heterocycles. The highest BCUT2D eigenvalue weighted by atomic mass is 79.9. The summed E-state index contributed by atoms with van der Waals surface area (Å²) in [7, 11) is 0. The van der Waals surface area contributed by atoms with Gasteiger partial charge in [-0.3, -0.25) is 4.79 Å². The van der Waals surface area contributed by atoms with Crippen LogP contribution in [-0.2, 0) is 5.75 Å². The molecule has 0 N–H and O–H groups in total. The highest BCUT2D eigenvalue weighted by Crippen LogP contribution is 2.21. The van der Waals surface area contributed by atoms with Crippen molar-refractivity contribution in [3.63, 3.8) is 0 Å². The van der Waals surface area contributed by atoms with E-state index in [0.717, 1.165) is 12.0 Å². The van der Waals surface area contributed by atoms with Crippen LogP contribution in [0.2, 0.25) is 0 Å². The molecule has 0 aliphatic carbocycles. The summed E-state index contributed by atoms with van der Waals surface area (Å²) >= 11 is 4.62. The lowest BCUT2D eigenvalue weighted by Gasteiger charge is -2.06. The fourth-order valence-corrected chi connectivity index (χ4v) is 3.21. The molecule has 0 fully saturated rings. The summed E-state index contributed by atoms with van der Waals surface area (Å²) in [6.07, 6.45) is 2.81. The summed E-state index contributed by atoms with van der Waals surface area (Å²) in [5.74, 6) is 0.0223. The fraction of sp³-hybridized carbons (Fsp3) is 0.111. The van der Waals surface area contributed by atoms with Crippen molar-refractivity contribution >= 4 is 33.7 Å². The van der Waals surface area contributed by atoms with E-state index in [9.17, 15) is 9.59 Å². The van der Waals surface area contributed by atoms with Crippen molar-refractivity contribution < 1.29 is 13.9 Å². The number of thioether (sulfide) groups is 1. The molecule has 0 saturated carbocycles. The van der Waals surface area contributed by atoms with Crippen LogP contribution >= 0.6 is 27.7 Å². The molecule has 26 heavy (non-hydrogen) atoms. The van der Waals surface area contributed by atoms with Gasteiger partial charge in [0.2, 0.25) is 11.2 Å². The van der Waals surface area contributed by atoms with Gasteiger partial charge >= 0.3 is 5.97 Å². The average molecular weight is 433 g/mol. The van der Waals surface area contributed by atoms with Crippen LogP contribution in [0.25, 0.3) is 0 Å². The van der Waals surface area contributed by atoms with E-state index in [1.54, 1.807) is 36.5 Å². The van der Waals surface area contributed by atoms with E-state index in [4.69, 9.17) is 9.15 Å². The van der Waals surface area contributed by atoms with Crippen molar-refractivity contribution in [1.82, 2.24) is 9.97 Å². The first-order chi connectivity index (χ1) is 12.5.